The fourth-order valence-corrected chi connectivity index (χ4v) is 1.02. The number of rotatable bonds is 1. The molecule has 6 nitrogen and oxygen atoms in total. The molecule has 0 aliphatic carbocycles. The average Bonchev–Trinajstić information content (AvgIpc) is 2.05. The van der Waals surface area contributed by atoms with Crippen molar-refractivity contribution >= 4 is 0 Å². The number of hydrogen-bond acceptors (Lipinski definition) is 4. The van der Waals surface area contributed by atoms with Gasteiger partial charge in [-0.25, -0.2) is 0 Å². The Morgan fingerprint density at radius 1 is 1.27 bits per heavy atom. The summed E-state index contributed by atoms with van der Waals surface area (Å²) < 4.78 is 0. The summed E-state index contributed by atoms with van der Waals surface area (Å²) in [4.78, 5) is 2.21. The first-order valence-electron chi connectivity index (χ1n) is 3.48. The van der Waals surface area contributed by atoms with E-state index in [1.54, 1.807) is 0 Å². The fourth-order valence-electron chi connectivity index (χ4n) is 1.02. The minimum absolute atomic E-state index is 0.118. The first-order valence-corrected chi connectivity index (χ1v) is 3.48. The first-order chi connectivity index (χ1) is 5.24. The van der Waals surface area contributed by atoms with E-state index in [1.165, 1.54) is 5.01 Å². The van der Waals surface area contributed by atoms with Crippen LogP contribution in [0.3, 0.4) is 0 Å². The van der Waals surface area contributed by atoms with Gasteiger partial charge in [-0.05, 0) is 12.3 Å². The maximum absolute atomic E-state index is 10.6. The first kappa shape index (κ1) is 8.06. The van der Waals surface area contributed by atoms with Gasteiger partial charge in [-0.15, -0.1) is 5.01 Å². The van der Waals surface area contributed by atoms with E-state index in [0.29, 0.717) is 13.1 Å². The molecule has 1 aliphatic rings. The number of hydrazine groups is 1. The summed E-state index contributed by atoms with van der Waals surface area (Å²) >= 11 is 0. The maximum Gasteiger partial charge on any atom is 0.0895 e. The molecule has 0 saturated carbocycles. The molecule has 0 bridgehead atoms. The highest BCUT2D eigenvalue weighted by Gasteiger charge is 2.17. The lowest BCUT2D eigenvalue weighted by atomic mass is 10.4. The number of likely N-dealkylation sites (N-methyl/N-ethyl adjacent to an activating group) is 1. The molecule has 1 rings (SSSR count). The van der Waals surface area contributed by atoms with Crippen molar-refractivity contribution in [3.8, 4) is 0 Å². The Balaban J connectivity index is 2.39. The second-order valence-corrected chi connectivity index (χ2v) is 2.59. The average molecular weight is 159 g/mol. The van der Waals surface area contributed by atoms with Crippen molar-refractivity contribution in [1.29, 1.82) is 0 Å². The summed E-state index contributed by atoms with van der Waals surface area (Å²) in [5.74, 6) is 0. The van der Waals surface area contributed by atoms with E-state index in [2.05, 4.69) is 10.2 Å². The van der Waals surface area contributed by atoms with Gasteiger partial charge in [0.15, 0.2) is 0 Å². The van der Waals surface area contributed by atoms with Gasteiger partial charge < -0.3 is 15.3 Å². The number of piperazine rings is 1. The van der Waals surface area contributed by atoms with E-state index in [9.17, 15) is 10.4 Å². The molecule has 0 unspecified atom stereocenters. The smallest absolute Gasteiger partial charge is 0.0895 e. The van der Waals surface area contributed by atoms with Crippen molar-refractivity contribution in [3.05, 3.63) is 10.4 Å². The van der Waals surface area contributed by atoms with Gasteiger partial charge in [-0.2, -0.15) is 0 Å². The van der Waals surface area contributed by atoms with E-state index in [0.717, 1.165) is 13.1 Å². The van der Waals surface area contributed by atoms with Crippen LogP contribution >= 0.6 is 0 Å². The Kier molecular flexibility index (Phi) is 2.48. The van der Waals surface area contributed by atoms with Gasteiger partial charge in [0.25, 0.3) is 0 Å². The van der Waals surface area contributed by atoms with Crippen molar-refractivity contribution in [3.63, 3.8) is 0 Å². The van der Waals surface area contributed by atoms with Crippen LogP contribution in [-0.4, -0.2) is 48.1 Å². The Morgan fingerprint density at radius 2 is 1.82 bits per heavy atom. The van der Waals surface area contributed by atoms with Gasteiger partial charge in [0, 0.05) is 18.1 Å². The molecule has 0 atom stereocenters. The second-order valence-electron chi connectivity index (χ2n) is 2.59. The monoisotopic (exact) mass is 159 g/mol. The van der Waals surface area contributed by atoms with Crippen LogP contribution in [0.5, 0.6) is 0 Å². The summed E-state index contributed by atoms with van der Waals surface area (Å²) in [6.07, 6.45) is 0. The van der Waals surface area contributed by atoms with Gasteiger partial charge in [-0.1, -0.05) is 0 Å². The highest BCUT2D eigenvalue weighted by molar-refractivity contribution is 4.61. The molecule has 0 aromatic rings. The van der Waals surface area contributed by atoms with Crippen LogP contribution in [0.2, 0.25) is 0 Å². The molecule has 0 aromatic carbocycles. The zero-order chi connectivity index (χ0) is 8.27. The summed E-state index contributed by atoms with van der Waals surface area (Å²) in [7, 11) is 1.97. The topological polar surface area (TPSA) is 68.0 Å². The van der Waals surface area contributed by atoms with Crippen molar-refractivity contribution < 1.29 is 4.97 Å². The molecule has 1 saturated heterocycles. The minimum atomic E-state index is 0.118. The third-order valence-electron chi connectivity index (χ3n) is 1.79. The molecule has 0 amide bonds. The predicted octanol–water partition coefficient (Wildman–Crippen LogP) is -0.391. The van der Waals surface area contributed by atoms with Crippen molar-refractivity contribution in [2.45, 2.75) is 0 Å². The van der Waals surface area contributed by atoms with E-state index < -0.39 is 0 Å². The van der Waals surface area contributed by atoms with E-state index in [4.69, 9.17) is 0 Å². The molecule has 1 fully saturated rings. The van der Waals surface area contributed by atoms with Crippen LogP contribution in [0, 0.1) is 10.4 Å². The Bertz CT molecular complexity index is 153. The largest absolute Gasteiger partial charge is 0.737 e. The third-order valence-corrected chi connectivity index (χ3v) is 1.79. The van der Waals surface area contributed by atoms with Gasteiger partial charge in [-0.3, -0.25) is 0 Å². The molecule has 0 N–H and O–H groups in total. The summed E-state index contributed by atoms with van der Waals surface area (Å²) in [6, 6.07) is 0. The van der Waals surface area contributed by atoms with Crippen molar-refractivity contribution in [1.82, 2.24) is 9.91 Å². The molecule has 6 heteroatoms. The van der Waals surface area contributed by atoms with Gasteiger partial charge in [0.1, 0.15) is 0 Å². The van der Waals surface area contributed by atoms with Gasteiger partial charge >= 0.3 is 0 Å². The molecule has 11 heavy (non-hydrogen) atoms. The molecular formula is C5H11N4O2-. The van der Waals surface area contributed by atoms with Crippen LogP contribution in [0.25, 0.3) is 0 Å². The quantitative estimate of drug-likeness (QED) is 0.297. The van der Waals surface area contributed by atoms with E-state index in [-0.39, 0.29) is 4.97 Å². The normalized spacial score (nSPS) is 22.3. The lowest BCUT2D eigenvalue weighted by Crippen LogP contribution is -2.47. The fraction of sp³-hybridized carbons (Fsp3) is 1.00. The van der Waals surface area contributed by atoms with Crippen LogP contribution in [0.4, 0.5) is 0 Å². The van der Waals surface area contributed by atoms with Crippen LogP contribution in [0.1, 0.15) is 0 Å². The number of hydrogen-bond donors (Lipinski definition) is 0. The summed E-state index contributed by atoms with van der Waals surface area (Å²) in [5, 5.41) is 24.1. The zero-order valence-electron chi connectivity index (χ0n) is 6.43. The standard InChI is InChI=1S/C5H12N4O2/c1-7-2-4-8(5-3-7)9(11)6-10/h10H,2-5H2,1H3/p-1/b9-6-. The number of nitrogens with zero attached hydrogens (tertiary/aromatic N) is 4. The van der Waals surface area contributed by atoms with Gasteiger partial charge in [0.05, 0.1) is 13.1 Å². The lowest BCUT2D eigenvalue weighted by Gasteiger charge is -2.29. The minimum Gasteiger partial charge on any atom is -0.737 e. The second kappa shape index (κ2) is 3.38. The summed E-state index contributed by atoms with van der Waals surface area (Å²) in [5.41, 5.74) is 0. The van der Waals surface area contributed by atoms with E-state index in [1.807, 2.05) is 7.05 Å². The van der Waals surface area contributed by atoms with Crippen LogP contribution in [-0.2, 0) is 0 Å². The Labute approximate surface area is 64.8 Å². The summed E-state index contributed by atoms with van der Waals surface area (Å²) in [6.45, 7) is 2.75. The van der Waals surface area contributed by atoms with Crippen LogP contribution < -0.4 is 0 Å². The Hall–Kier alpha value is -1.04. The zero-order valence-corrected chi connectivity index (χ0v) is 6.43. The molecule has 1 heterocycles. The molecule has 0 spiro atoms. The van der Waals surface area contributed by atoms with Crippen LogP contribution in [0.15, 0.2) is 5.28 Å². The van der Waals surface area contributed by atoms with E-state index >= 15 is 0 Å². The lowest BCUT2D eigenvalue weighted by molar-refractivity contribution is -0.692. The highest BCUT2D eigenvalue weighted by Crippen LogP contribution is 1.98. The maximum atomic E-state index is 10.6. The molecule has 0 aromatic heterocycles. The molecule has 1 aliphatic heterocycles. The molecule has 0 radical (unpaired) electrons. The predicted molar refractivity (Wildman–Crippen MR) is 38.5 cm³/mol. The van der Waals surface area contributed by atoms with Crippen molar-refractivity contribution in [2.75, 3.05) is 33.2 Å². The molecular weight excluding hydrogens is 148 g/mol. The SMILES string of the molecule is CN1CCN(/[N+]([O-])=N/[O-])CC1. The van der Waals surface area contributed by atoms with Crippen molar-refractivity contribution in [2.24, 2.45) is 5.28 Å². The Morgan fingerprint density at radius 3 is 2.27 bits per heavy atom. The third kappa shape index (κ3) is 1.94. The highest BCUT2D eigenvalue weighted by atomic mass is 16.6. The molecule has 64 valence electrons. The van der Waals surface area contributed by atoms with Gasteiger partial charge in [0.2, 0.25) is 0 Å².